The van der Waals surface area contributed by atoms with E-state index >= 15 is 0 Å². The predicted molar refractivity (Wildman–Crippen MR) is 184 cm³/mol. The van der Waals surface area contributed by atoms with Gasteiger partial charge in [0.25, 0.3) is 0 Å². The Labute approximate surface area is 277 Å². The number of nitrogens with zero attached hydrogens (tertiary/aromatic N) is 4. The van der Waals surface area contributed by atoms with Crippen molar-refractivity contribution in [1.82, 2.24) is 39.9 Å². The normalized spacial score (nSPS) is 18.8. The Morgan fingerprint density at radius 2 is 0.417 bits per heavy atom. The lowest BCUT2D eigenvalue weighted by molar-refractivity contribution is 0.809. The zero-order valence-corrected chi connectivity index (χ0v) is 26.0. The van der Waals surface area contributed by atoms with Crippen LogP contribution >= 0.6 is 0 Å². The Kier molecular flexibility index (Phi) is 6.89. The first kappa shape index (κ1) is 28.0. The number of hydrogen-bond acceptors (Lipinski definition) is 4. The van der Waals surface area contributed by atoms with Gasteiger partial charge in [0.1, 0.15) is 0 Å². The van der Waals surface area contributed by atoms with Crippen molar-refractivity contribution in [1.29, 1.82) is 0 Å². The van der Waals surface area contributed by atoms with Gasteiger partial charge in [0.05, 0.1) is 23.7 Å². The van der Waals surface area contributed by atoms with Crippen LogP contribution in [0.1, 0.15) is 91.5 Å². The highest BCUT2D eigenvalue weighted by atomic mass is 14.8. The summed E-state index contributed by atoms with van der Waals surface area (Å²) in [7, 11) is 0. The number of pyridine rings is 4. The number of hydrogen-bond donors (Lipinski definition) is 4. The molecule has 9 heterocycles. The van der Waals surface area contributed by atoms with Crippen LogP contribution in [0.5, 0.6) is 0 Å². The van der Waals surface area contributed by atoms with Crippen LogP contribution in [0.2, 0.25) is 0 Å². The average molecular weight is 625 g/mol. The fraction of sp³-hybridized carbons (Fsp3) is 0.100. The number of aromatic nitrogens is 8. The number of fused-ring (bicyclic) bond motifs is 8. The molecule has 4 N–H and O–H groups in total. The van der Waals surface area contributed by atoms with E-state index < -0.39 is 0 Å². The molecule has 232 valence electrons. The summed E-state index contributed by atoms with van der Waals surface area (Å²) in [5.41, 5.74) is 13.4. The van der Waals surface area contributed by atoms with Crippen LogP contribution in [-0.4, -0.2) is 39.9 Å². The summed E-state index contributed by atoms with van der Waals surface area (Å²) in [5.74, 6) is -0.244. The lowest BCUT2D eigenvalue weighted by Crippen LogP contribution is -2.11. The van der Waals surface area contributed by atoms with Gasteiger partial charge in [-0.2, -0.15) is 0 Å². The lowest BCUT2D eigenvalue weighted by Gasteiger charge is -2.20. The summed E-state index contributed by atoms with van der Waals surface area (Å²) in [6, 6.07) is 34.5. The van der Waals surface area contributed by atoms with Gasteiger partial charge >= 0.3 is 0 Å². The van der Waals surface area contributed by atoms with Crippen LogP contribution in [0.15, 0.2) is 147 Å². The minimum Gasteiger partial charge on any atom is -0.361 e. The smallest absolute Gasteiger partial charge is 0.0642 e. The molecule has 9 rings (SSSR count). The Hall–Kier alpha value is -6.28. The first-order valence-electron chi connectivity index (χ1n) is 16.1. The van der Waals surface area contributed by atoms with Crippen molar-refractivity contribution in [2.45, 2.75) is 23.7 Å². The van der Waals surface area contributed by atoms with Gasteiger partial charge in [0, 0.05) is 95.1 Å². The summed E-state index contributed by atoms with van der Waals surface area (Å²) in [6.07, 6.45) is 14.9. The van der Waals surface area contributed by atoms with Gasteiger partial charge in [0.15, 0.2) is 0 Å². The molecule has 0 atom stereocenters. The molecular weight excluding hydrogens is 592 g/mol. The third-order valence-corrected chi connectivity index (χ3v) is 9.57. The molecule has 0 aromatic carbocycles. The molecule has 0 spiro atoms. The largest absolute Gasteiger partial charge is 0.361 e. The number of rotatable bonds is 4. The van der Waals surface area contributed by atoms with Crippen molar-refractivity contribution >= 4 is 0 Å². The first-order valence-corrected chi connectivity index (χ1v) is 16.1. The van der Waals surface area contributed by atoms with Crippen LogP contribution in [-0.2, 0) is 0 Å². The molecule has 0 aliphatic carbocycles. The van der Waals surface area contributed by atoms with Gasteiger partial charge < -0.3 is 19.9 Å². The molecule has 0 fully saturated rings. The molecule has 8 bridgehead atoms. The fourth-order valence-electron chi connectivity index (χ4n) is 7.40. The zero-order chi connectivity index (χ0) is 31.9. The van der Waals surface area contributed by atoms with Crippen molar-refractivity contribution in [2.24, 2.45) is 0 Å². The molecule has 0 unspecified atom stereocenters. The summed E-state index contributed by atoms with van der Waals surface area (Å²) in [6.45, 7) is 0. The van der Waals surface area contributed by atoms with Gasteiger partial charge in [-0.3, -0.25) is 19.9 Å². The van der Waals surface area contributed by atoms with E-state index in [0.29, 0.717) is 0 Å². The second kappa shape index (κ2) is 11.8. The van der Waals surface area contributed by atoms with Crippen LogP contribution in [0.4, 0.5) is 0 Å². The van der Waals surface area contributed by atoms with Crippen LogP contribution in [0.25, 0.3) is 0 Å². The van der Waals surface area contributed by atoms with Crippen molar-refractivity contribution in [3.8, 4) is 0 Å². The number of nitrogens with one attached hydrogen (secondary N) is 4. The summed E-state index contributed by atoms with van der Waals surface area (Å²) >= 11 is 0. The molecule has 48 heavy (non-hydrogen) atoms. The quantitative estimate of drug-likeness (QED) is 0.161. The van der Waals surface area contributed by atoms with Gasteiger partial charge in [0.2, 0.25) is 0 Å². The minimum absolute atomic E-state index is 0.0611. The standard InChI is InChI=1S/C40H32N8/c1-2-30-38(26-11-19-42-20-12-26)32-5-6-34(47-32)40(28-15-23-44-24-16-28)36-8-7-35(48-36)39(27-13-21-43-22-14-27)33-4-3-31(46-33)37(29(1)45-30)25-9-17-41-18-10-25/h1-24,37-40,45-48H. The monoisotopic (exact) mass is 624 g/mol. The number of aromatic amines is 4. The van der Waals surface area contributed by atoms with E-state index in [2.05, 4.69) is 137 Å². The summed E-state index contributed by atoms with van der Waals surface area (Å²) in [4.78, 5) is 32.8. The van der Waals surface area contributed by atoms with Crippen molar-refractivity contribution in [3.05, 3.63) is 214 Å². The molecular formula is C40H32N8. The predicted octanol–water partition coefficient (Wildman–Crippen LogP) is 7.61. The maximum atomic E-state index is 4.33. The van der Waals surface area contributed by atoms with E-state index in [1.807, 2.05) is 49.6 Å². The van der Waals surface area contributed by atoms with Gasteiger partial charge in [-0.25, -0.2) is 0 Å². The van der Waals surface area contributed by atoms with E-state index in [1.54, 1.807) is 0 Å². The highest BCUT2D eigenvalue weighted by Gasteiger charge is 2.29. The third kappa shape index (κ3) is 4.95. The molecule has 0 amide bonds. The van der Waals surface area contributed by atoms with Crippen LogP contribution in [0.3, 0.4) is 0 Å². The van der Waals surface area contributed by atoms with Crippen LogP contribution in [0, 0.1) is 0 Å². The highest BCUT2D eigenvalue weighted by Crippen LogP contribution is 2.40. The SMILES string of the molecule is c1cc(C2c3ccc([nH]3)C(c3ccncc3)c3ccc([nH]3)C(c3ccncc3)c3ccc([nH]3)C(c3ccncc3)c3ccc2[nH]3)ccn1. The fourth-order valence-corrected chi connectivity index (χ4v) is 7.40. The Bertz CT molecular complexity index is 1860. The van der Waals surface area contributed by atoms with Crippen molar-refractivity contribution in [3.63, 3.8) is 0 Å². The van der Waals surface area contributed by atoms with Gasteiger partial charge in [-0.1, -0.05) is 0 Å². The Morgan fingerprint density at radius 3 is 0.583 bits per heavy atom. The lowest BCUT2D eigenvalue weighted by atomic mass is 9.93. The molecule has 0 saturated heterocycles. The second-order valence-corrected chi connectivity index (χ2v) is 12.3. The average Bonchev–Trinajstić information content (AvgIpc) is 3.98. The van der Waals surface area contributed by atoms with Crippen molar-refractivity contribution in [2.75, 3.05) is 0 Å². The van der Waals surface area contributed by atoms with Crippen LogP contribution < -0.4 is 0 Å². The molecule has 0 radical (unpaired) electrons. The third-order valence-electron chi connectivity index (χ3n) is 9.57. The van der Waals surface area contributed by atoms with E-state index in [-0.39, 0.29) is 23.7 Å². The topological polar surface area (TPSA) is 115 Å². The summed E-state index contributed by atoms with van der Waals surface area (Å²) in [5, 5.41) is 0. The Morgan fingerprint density at radius 1 is 0.250 bits per heavy atom. The van der Waals surface area contributed by atoms with Gasteiger partial charge in [-0.15, -0.1) is 0 Å². The molecule has 8 aromatic heterocycles. The maximum absolute atomic E-state index is 4.33. The summed E-state index contributed by atoms with van der Waals surface area (Å²) < 4.78 is 0. The molecule has 1 aliphatic rings. The van der Waals surface area contributed by atoms with E-state index in [0.717, 1.165) is 67.8 Å². The maximum Gasteiger partial charge on any atom is 0.0642 e. The zero-order valence-electron chi connectivity index (χ0n) is 26.0. The first-order chi connectivity index (χ1) is 23.8. The van der Waals surface area contributed by atoms with Crippen molar-refractivity contribution < 1.29 is 0 Å². The molecule has 8 heteroatoms. The van der Waals surface area contributed by atoms with Gasteiger partial charge in [-0.05, 0) is 119 Å². The highest BCUT2D eigenvalue weighted by molar-refractivity contribution is 5.48. The number of H-pyrrole nitrogens is 4. The van der Waals surface area contributed by atoms with E-state index in [4.69, 9.17) is 0 Å². The Balaban J connectivity index is 1.30. The minimum atomic E-state index is -0.0611. The molecule has 8 nitrogen and oxygen atoms in total. The molecule has 1 aliphatic heterocycles. The second-order valence-electron chi connectivity index (χ2n) is 12.3. The molecule has 0 saturated carbocycles. The molecule has 8 aromatic rings. The van der Waals surface area contributed by atoms with E-state index in [1.165, 1.54) is 0 Å². The van der Waals surface area contributed by atoms with E-state index in [9.17, 15) is 0 Å².